The Morgan fingerprint density at radius 2 is 1.92 bits per heavy atom. The summed E-state index contributed by atoms with van der Waals surface area (Å²) in [6.45, 7) is 0. The highest BCUT2D eigenvalue weighted by Gasteiger charge is 1.96. The van der Waals surface area contributed by atoms with E-state index in [0.29, 0.717) is 12.2 Å². The van der Waals surface area contributed by atoms with Crippen LogP contribution in [0.2, 0.25) is 0 Å². The third-order valence-electron chi connectivity index (χ3n) is 1.48. The summed E-state index contributed by atoms with van der Waals surface area (Å²) in [6.07, 6.45) is 0.649. The predicted octanol–water partition coefficient (Wildman–Crippen LogP) is 2.21. The van der Waals surface area contributed by atoms with Gasteiger partial charge in [-0.3, -0.25) is 0 Å². The van der Waals surface area contributed by atoms with E-state index in [1.165, 1.54) is 0 Å². The third kappa shape index (κ3) is 3.47. The molecule has 1 aromatic carbocycles. The van der Waals surface area contributed by atoms with E-state index in [4.69, 9.17) is 4.55 Å². The Kier molecular flexibility index (Phi) is 3.91. The molecule has 0 heterocycles. The topological polar surface area (TPSA) is 37.3 Å². The van der Waals surface area contributed by atoms with Gasteiger partial charge in [0, 0.05) is 4.47 Å². The average molecular weight is 249 g/mol. The molecule has 1 rings (SSSR count). The van der Waals surface area contributed by atoms with E-state index in [9.17, 15) is 4.21 Å². The van der Waals surface area contributed by atoms with Gasteiger partial charge in [0.1, 0.15) is 0 Å². The van der Waals surface area contributed by atoms with Crippen LogP contribution in [0.15, 0.2) is 28.7 Å². The molecule has 0 amide bonds. The summed E-state index contributed by atoms with van der Waals surface area (Å²) < 4.78 is 19.9. The Morgan fingerprint density at radius 1 is 1.33 bits per heavy atom. The van der Waals surface area contributed by atoms with E-state index in [0.717, 1.165) is 10.0 Å². The molecule has 4 heteroatoms. The first kappa shape index (κ1) is 9.89. The van der Waals surface area contributed by atoms with Gasteiger partial charge < -0.3 is 4.55 Å². The number of hydrogen-bond donors (Lipinski definition) is 1. The highest BCUT2D eigenvalue weighted by molar-refractivity contribution is 9.10. The van der Waals surface area contributed by atoms with Gasteiger partial charge in [-0.2, -0.15) is 0 Å². The maximum Gasteiger partial charge on any atom is 0.153 e. The Balaban J connectivity index is 2.53. The summed E-state index contributed by atoms with van der Waals surface area (Å²) in [7, 11) is 0. The zero-order valence-corrected chi connectivity index (χ0v) is 8.77. The van der Waals surface area contributed by atoms with Gasteiger partial charge in [0.2, 0.25) is 0 Å². The van der Waals surface area contributed by atoms with E-state index in [2.05, 4.69) is 15.9 Å². The Bertz CT molecular complexity index is 271. The van der Waals surface area contributed by atoms with Crippen LogP contribution in [0.1, 0.15) is 5.56 Å². The van der Waals surface area contributed by atoms with Crippen molar-refractivity contribution >= 4 is 27.0 Å². The maximum absolute atomic E-state index is 10.3. The molecule has 1 N–H and O–H groups in total. The van der Waals surface area contributed by atoms with Crippen LogP contribution in [0.3, 0.4) is 0 Å². The standard InChI is InChI=1S/C8H9BrO2S/c9-8-3-1-7(2-4-8)5-6-12(10)11/h1-4H,5-6H2,(H,10,11). The van der Waals surface area contributed by atoms with Crippen molar-refractivity contribution < 1.29 is 8.76 Å². The molecule has 0 aliphatic heterocycles. The highest BCUT2D eigenvalue weighted by atomic mass is 79.9. The van der Waals surface area contributed by atoms with Gasteiger partial charge in [0.25, 0.3) is 0 Å². The maximum atomic E-state index is 10.3. The molecule has 0 aliphatic carbocycles. The van der Waals surface area contributed by atoms with Crippen molar-refractivity contribution in [1.29, 1.82) is 0 Å². The molecule has 0 saturated heterocycles. The van der Waals surface area contributed by atoms with E-state index >= 15 is 0 Å². The van der Waals surface area contributed by atoms with E-state index in [1.807, 2.05) is 24.3 Å². The summed E-state index contributed by atoms with van der Waals surface area (Å²) >= 11 is 1.63. The predicted molar refractivity (Wildman–Crippen MR) is 53.5 cm³/mol. The first-order chi connectivity index (χ1) is 5.68. The minimum Gasteiger partial charge on any atom is -0.306 e. The summed E-state index contributed by atoms with van der Waals surface area (Å²) in [5.74, 6) is 0.307. The van der Waals surface area contributed by atoms with Crippen LogP contribution in [0.5, 0.6) is 0 Å². The fraction of sp³-hybridized carbons (Fsp3) is 0.250. The molecule has 0 radical (unpaired) electrons. The van der Waals surface area contributed by atoms with Gasteiger partial charge in [-0.1, -0.05) is 28.1 Å². The Labute approximate surface area is 82.4 Å². The number of aryl methyl sites for hydroxylation is 1. The molecule has 1 atom stereocenters. The quantitative estimate of drug-likeness (QED) is 0.834. The van der Waals surface area contributed by atoms with Crippen molar-refractivity contribution in [3.05, 3.63) is 34.3 Å². The van der Waals surface area contributed by atoms with E-state index < -0.39 is 11.1 Å². The Morgan fingerprint density at radius 3 is 2.42 bits per heavy atom. The zero-order chi connectivity index (χ0) is 8.97. The van der Waals surface area contributed by atoms with Gasteiger partial charge in [-0.25, -0.2) is 4.21 Å². The van der Waals surface area contributed by atoms with Crippen LogP contribution in [0.4, 0.5) is 0 Å². The van der Waals surface area contributed by atoms with Gasteiger partial charge >= 0.3 is 0 Å². The molecular weight excluding hydrogens is 240 g/mol. The van der Waals surface area contributed by atoms with Crippen molar-refractivity contribution in [3.63, 3.8) is 0 Å². The van der Waals surface area contributed by atoms with Gasteiger partial charge in [0.15, 0.2) is 11.1 Å². The number of hydrogen-bond acceptors (Lipinski definition) is 1. The van der Waals surface area contributed by atoms with Crippen molar-refractivity contribution in [2.45, 2.75) is 6.42 Å². The Hall–Kier alpha value is -0.190. The van der Waals surface area contributed by atoms with Crippen LogP contribution < -0.4 is 0 Å². The van der Waals surface area contributed by atoms with Crippen LogP contribution in [-0.2, 0) is 17.5 Å². The van der Waals surface area contributed by atoms with Gasteiger partial charge in [-0.05, 0) is 24.1 Å². The zero-order valence-electron chi connectivity index (χ0n) is 6.37. The molecule has 2 nitrogen and oxygen atoms in total. The van der Waals surface area contributed by atoms with Gasteiger partial charge in [-0.15, -0.1) is 0 Å². The van der Waals surface area contributed by atoms with Gasteiger partial charge in [0.05, 0.1) is 5.75 Å². The van der Waals surface area contributed by atoms with Crippen molar-refractivity contribution in [1.82, 2.24) is 0 Å². The molecular formula is C8H9BrO2S. The molecule has 0 aliphatic rings. The fourth-order valence-electron chi connectivity index (χ4n) is 0.856. The molecule has 0 bridgehead atoms. The highest BCUT2D eigenvalue weighted by Crippen LogP contribution is 2.10. The second kappa shape index (κ2) is 4.74. The van der Waals surface area contributed by atoms with Crippen molar-refractivity contribution in [3.8, 4) is 0 Å². The molecule has 66 valence electrons. The first-order valence-corrected chi connectivity index (χ1v) is 5.57. The van der Waals surface area contributed by atoms with Crippen LogP contribution >= 0.6 is 15.9 Å². The van der Waals surface area contributed by atoms with Crippen molar-refractivity contribution in [2.75, 3.05) is 5.75 Å². The number of halogens is 1. The summed E-state index contributed by atoms with van der Waals surface area (Å²) in [5, 5.41) is 0. The smallest absolute Gasteiger partial charge is 0.153 e. The summed E-state index contributed by atoms with van der Waals surface area (Å²) in [5.41, 5.74) is 1.08. The minimum absolute atomic E-state index is 0.307. The average Bonchev–Trinajstić information content (AvgIpc) is 2.03. The lowest BCUT2D eigenvalue weighted by molar-refractivity contribution is 0.563. The van der Waals surface area contributed by atoms with E-state index in [-0.39, 0.29) is 0 Å². The lowest BCUT2D eigenvalue weighted by Crippen LogP contribution is -1.98. The lowest BCUT2D eigenvalue weighted by Gasteiger charge is -1.97. The third-order valence-corrected chi connectivity index (χ3v) is 2.56. The molecule has 12 heavy (non-hydrogen) atoms. The fourth-order valence-corrected chi connectivity index (χ4v) is 1.53. The summed E-state index contributed by atoms with van der Waals surface area (Å²) in [4.78, 5) is 0. The second-order valence-electron chi connectivity index (χ2n) is 2.40. The summed E-state index contributed by atoms with van der Waals surface area (Å²) in [6, 6.07) is 7.74. The number of rotatable bonds is 3. The van der Waals surface area contributed by atoms with Crippen LogP contribution in [-0.4, -0.2) is 14.5 Å². The van der Waals surface area contributed by atoms with E-state index in [1.54, 1.807) is 0 Å². The van der Waals surface area contributed by atoms with Crippen molar-refractivity contribution in [2.24, 2.45) is 0 Å². The number of benzene rings is 1. The molecule has 1 aromatic rings. The normalized spacial score (nSPS) is 12.8. The molecule has 0 spiro atoms. The molecule has 0 fully saturated rings. The monoisotopic (exact) mass is 248 g/mol. The minimum atomic E-state index is -1.68. The largest absolute Gasteiger partial charge is 0.306 e. The van der Waals surface area contributed by atoms with Crippen LogP contribution in [0, 0.1) is 0 Å². The SMILES string of the molecule is O=S(O)CCc1ccc(Br)cc1. The first-order valence-electron chi connectivity index (χ1n) is 3.50. The molecule has 0 saturated carbocycles. The van der Waals surface area contributed by atoms with Crippen LogP contribution in [0.25, 0.3) is 0 Å². The second-order valence-corrected chi connectivity index (χ2v) is 4.37. The molecule has 0 aromatic heterocycles. The lowest BCUT2D eigenvalue weighted by atomic mass is 10.2. The molecule has 1 unspecified atom stereocenters.